The Morgan fingerprint density at radius 1 is 1.12 bits per heavy atom. The van der Waals surface area contributed by atoms with Crippen LogP contribution in [0, 0.1) is 6.92 Å². The van der Waals surface area contributed by atoms with Crippen LogP contribution in [0.2, 0.25) is 0 Å². The summed E-state index contributed by atoms with van der Waals surface area (Å²) in [6.07, 6.45) is 1.96. The lowest BCUT2D eigenvalue weighted by molar-refractivity contribution is -0.116. The molecule has 0 saturated carbocycles. The number of anilines is 1. The van der Waals surface area contributed by atoms with Gasteiger partial charge in [0.05, 0.1) is 12.7 Å². The van der Waals surface area contributed by atoms with E-state index in [-0.39, 0.29) is 11.5 Å². The summed E-state index contributed by atoms with van der Waals surface area (Å²) in [6, 6.07) is 12.6. The maximum atomic E-state index is 12.0. The molecule has 0 aromatic heterocycles. The third kappa shape index (κ3) is 4.84. The highest BCUT2D eigenvalue weighted by Gasteiger charge is 2.09. The largest absolute Gasteiger partial charge is 0.497 e. The Bertz CT molecular complexity index is 723. The lowest BCUT2D eigenvalue weighted by atomic mass is 10.1. The van der Waals surface area contributed by atoms with Gasteiger partial charge in [0, 0.05) is 12.1 Å². The first-order valence-electron chi connectivity index (χ1n) is 7.76. The van der Waals surface area contributed by atoms with Gasteiger partial charge in [-0.05, 0) is 61.2 Å². The molecule has 5 nitrogen and oxygen atoms in total. The van der Waals surface area contributed by atoms with Gasteiger partial charge >= 0.3 is 5.97 Å². The van der Waals surface area contributed by atoms with Crippen molar-refractivity contribution in [2.45, 2.75) is 26.2 Å². The molecular weight excluding hydrogens is 306 g/mol. The van der Waals surface area contributed by atoms with Crippen molar-refractivity contribution in [1.82, 2.24) is 0 Å². The quantitative estimate of drug-likeness (QED) is 0.813. The third-order valence-corrected chi connectivity index (χ3v) is 3.77. The molecular formula is C19H21NO4. The van der Waals surface area contributed by atoms with Crippen molar-refractivity contribution >= 4 is 17.6 Å². The van der Waals surface area contributed by atoms with Crippen LogP contribution in [-0.4, -0.2) is 24.1 Å². The van der Waals surface area contributed by atoms with E-state index in [1.165, 1.54) is 6.07 Å². The Kier molecular flexibility index (Phi) is 5.95. The van der Waals surface area contributed by atoms with Gasteiger partial charge in [-0.15, -0.1) is 0 Å². The molecule has 2 N–H and O–H groups in total. The number of methoxy groups -OCH3 is 1. The first kappa shape index (κ1) is 17.5. The van der Waals surface area contributed by atoms with Crippen LogP contribution in [0.5, 0.6) is 5.75 Å². The minimum atomic E-state index is -0.968. The number of benzene rings is 2. The van der Waals surface area contributed by atoms with Gasteiger partial charge in [0.2, 0.25) is 5.91 Å². The fraction of sp³-hybridized carbons (Fsp3) is 0.263. The zero-order valence-corrected chi connectivity index (χ0v) is 13.8. The SMILES string of the molecule is COc1ccc(CCCC(=O)Nc2ccc(C(=O)O)c(C)c2)cc1. The van der Waals surface area contributed by atoms with E-state index in [9.17, 15) is 9.59 Å². The van der Waals surface area contributed by atoms with Gasteiger partial charge in [-0.3, -0.25) is 4.79 Å². The van der Waals surface area contributed by atoms with E-state index >= 15 is 0 Å². The van der Waals surface area contributed by atoms with Gasteiger partial charge in [-0.1, -0.05) is 12.1 Å². The van der Waals surface area contributed by atoms with Gasteiger partial charge < -0.3 is 15.2 Å². The van der Waals surface area contributed by atoms with E-state index in [0.717, 1.165) is 24.2 Å². The second-order valence-corrected chi connectivity index (χ2v) is 5.58. The van der Waals surface area contributed by atoms with Crippen molar-refractivity contribution in [3.63, 3.8) is 0 Å². The standard InChI is InChI=1S/C19H21NO4/c1-13-12-15(8-11-17(13)19(22)23)20-18(21)5-3-4-14-6-9-16(24-2)10-7-14/h6-12H,3-5H2,1-2H3,(H,20,21)(H,22,23). The minimum Gasteiger partial charge on any atom is -0.497 e. The molecule has 0 saturated heterocycles. The summed E-state index contributed by atoms with van der Waals surface area (Å²) < 4.78 is 5.11. The molecule has 0 fully saturated rings. The highest BCUT2D eigenvalue weighted by Crippen LogP contribution is 2.16. The van der Waals surface area contributed by atoms with E-state index in [1.54, 1.807) is 26.2 Å². The Balaban J connectivity index is 1.82. The summed E-state index contributed by atoms with van der Waals surface area (Å²) in [5.74, 6) is -0.229. The summed E-state index contributed by atoms with van der Waals surface area (Å²) in [7, 11) is 1.63. The zero-order valence-electron chi connectivity index (χ0n) is 13.8. The molecule has 5 heteroatoms. The molecule has 2 aromatic rings. The lowest BCUT2D eigenvalue weighted by Crippen LogP contribution is -2.12. The molecule has 126 valence electrons. The molecule has 24 heavy (non-hydrogen) atoms. The fourth-order valence-corrected chi connectivity index (χ4v) is 2.45. The third-order valence-electron chi connectivity index (χ3n) is 3.77. The summed E-state index contributed by atoms with van der Waals surface area (Å²) in [5.41, 5.74) is 2.64. The Morgan fingerprint density at radius 2 is 1.83 bits per heavy atom. The maximum Gasteiger partial charge on any atom is 0.335 e. The number of carbonyl (C=O) groups is 2. The highest BCUT2D eigenvalue weighted by molar-refractivity contribution is 5.93. The second-order valence-electron chi connectivity index (χ2n) is 5.58. The van der Waals surface area contributed by atoms with Crippen molar-refractivity contribution in [3.05, 3.63) is 59.2 Å². The van der Waals surface area contributed by atoms with E-state index in [0.29, 0.717) is 17.7 Å². The van der Waals surface area contributed by atoms with Gasteiger partial charge in [-0.25, -0.2) is 4.79 Å². The number of aryl methyl sites for hydroxylation is 2. The smallest absolute Gasteiger partial charge is 0.335 e. The number of hydrogen-bond acceptors (Lipinski definition) is 3. The number of rotatable bonds is 7. The lowest BCUT2D eigenvalue weighted by Gasteiger charge is -2.08. The van der Waals surface area contributed by atoms with Crippen molar-refractivity contribution in [2.75, 3.05) is 12.4 Å². The number of carboxylic acids is 1. The second kappa shape index (κ2) is 8.15. The van der Waals surface area contributed by atoms with Crippen molar-refractivity contribution in [2.24, 2.45) is 0 Å². The molecule has 0 bridgehead atoms. The van der Waals surface area contributed by atoms with E-state index in [2.05, 4.69) is 5.32 Å². The normalized spacial score (nSPS) is 10.2. The van der Waals surface area contributed by atoms with Crippen LogP contribution in [0.3, 0.4) is 0 Å². The van der Waals surface area contributed by atoms with Crippen molar-refractivity contribution in [1.29, 1.82) is 0 Å². The topological polar surface area (TPSA) is 75.6 Å². The van der Waals surface area contributed by atoms with Gasteiger partial charge in [0.25, 0.3) is 0 Å². The molecule has 1 amide bonds. The molecule has 0 aliphatic carbocycles. The monoisotopic (exact) mass is 327 g/mol. The van der Waals surface area contributed by atoms with Gasteiger partial charge in [0.15, 0.2) is 0 Å². The van der Waals surface area contributed by atoms with E-state index < -0.39 is 5.97 Å². The molecule has 0 aliphatic rings. The maximum absolute atomic E-state index is 12.0. The number of hydrogen-bond donors (Lipinski definition) is 2. The summed E-state index contributed by atoms with van der Waals surface area (Å²) in [5, 5.41) is 11.8. The van der Waals surface area contributed by atoms with Crippen LogP contribution in [0.25, 0.3) is 0 Å². The molecule has 2 rings (SSSR count). The molecule has 0 unspecified atom stereocenters. The van der Waals surface area contributed by atoms with Crippen LogP contribution in [0.1, 0.15) is 34.3 Å². The summed E-state index contributed by atoms with van der Waals surface area (Å²) >= 11 is 0. The average Bonchev–Trinajstić information content (AvgIpc) is 2.55. The first-order valence-corrected chi connectivity index (χ1v) is 7.76. The zero-order chi connectivity index (χ0) is 17.5. The number of amides is 1. The average molecular weight is 327 g/mol. The van der Waals surface area contributed by atoms with Crippen molar-refractivity contribution < 1.29 is 19.4 Å². The number of aromatic carboxylic acids is 1. The molecule has 0 aliphatic heterocycles. The van der Waals surface area contributed by atoms with Crippen LogP contribution in [0.15, 0.2) is 42.5 Å². The summed E-state index contributed by atoms with van der Waals surface area (Å²) in [4.78, 5) is 23.0. The van der Waals surface area contributed by atoms with Crippen LogP contribution >= 0.6 is 0 Å². The van der Waals surface area contributed by atoms with E-state index in [4.69, 9.17) is 9.84 Å². The van der Waals surface area contributed by atoms with Crippen LogP contribution in [-0.2, 0) is 11.2 Å². The number of nitrogens with one attached hydrogen (secondary N) is 1. The summed E-state index contributed by atoms with van der Waals surface area (Å²) in [6.45, 7) is 1.71. The number of carbonyl (C=O) groups excluding carboxylic acids is 1. The Hall–Kier alpha value is -2.82. The predicted molar refractivity (Wildman–Crippen MR) is 92.7 cm³/mol. The predicted octanol–water partition coefficient (Wildman–Crippen LogP) is 3.66. The molecule has 0 atom stereocenters. The number of ether oxygens (including phenoxy) is 1. The van der Waals surface area contributed by atoms with Crippen molar-refractivity contribution in [3.8, 4) is 5.75 Å². The Morgan fingerprint density at radius 3 is 2.42 bits per heavy atom. The van der Waals surface area contributed by atoms with Gasteiger partial charge in [-0.2, -0.15) is 0 Å². The Labute approximate surface area is 141 Å². The highest BCUT2D eigenvalue weighted by atomic mass is 16.5. The van der Waals surface area contributed by atoms with E-state index in [1.807, 2.05) is 24.3 Å². The first-order chi connectivity index (χ1) is 11.5. The molecule has 0 heterocycles. The van der Waals surface area contributed by atoms with Gasteiger partial charge in [0.1, 0.15) is 5.75 Å². The fourth-order valence-electron chi connectivity index (χ4n) is 2.45. The molecule has 0 spiro atoms. The molecule has 2 aromatic carbocycles. The number of carboxylic acid groups (broad SMARTS) is 1. The van der Waals surface area contributed by atoms with Crippen LogP contribution < -0.4 is 10.1 Å². The van der Waals surface area contributed by atoms with Crippen LogP contribution in [0.4, 0.5) is 5.69 Å². The minimum absolute atomic E-state index is 0.0778. The molecule has 0 radical (unpaired) electrons.